The van der Waals surface area contributed by atoms with Crippen LogP contribution in [0.25, 0.3) is 0 Å². The van der Waals surface area contributed by atoms with E-state index in [2.05, 4.69) is 15.2 Å². The first-order chi connectivity index (χ1) is 9.72. The van der Waals surface area contributed by atoms with Gasteiger partial charge in [0.1, 0.15) is 5.82 Å². The predicted molar refractivity (Wildman–Crippen MR) is 76.8 cm³/mol. The van der Waals surface area contributed by atoms with Gasteiger partial charge in [-0.2, -0.15) is 0 Å². The Kier molecular flexibility index (Phi) is 5.17. The van der Waals surface area contributed by atoms with E-state index in [1.807, 2.05) is 18.2 Å². The molecule has 7 heteroatoms. The van der Waals surface area contributed by atoms with Crippen molar-refractivity contribution in [3.63, 3.8) is 0 Å². The van der Waals surface area contributed by atoms with Crippen molar-refractivity contribution in [3.05, 3.63) is 24.4 Å². The molecule has 1 aromatic rings. The molecule has 1 fully saturated rings. The third kappa shape index (κ3) is 3.60. The van der Waals surface area contributed by atoms with E-state index in [1.165, 1.54) is 0 Å². The molecule has 0 radical (unpaired) electrons. The Morgan fingerprint density at radius 2 is 2.00 bits per heavy atom. The fourth-order valence-corrected chi connectivity index (χ4v) is 2.15. The first-order valence-corrected chi connectivity index (χ1v) is 7.05. The summed E-state index contributed by atoms with van der Waals surface area (Å²) in [6, 6.07) is 5.73. The molecular formula is C13H17ClN4O2. The van der Waals surface area contributed by atoms with E-state index in [4.69, 9.17) is 11.6 Å². The Morgan fingerprint density at radius 3 is 2.60 bits per heavy atom. The first kappa shape index (κ1) is 14.6. The Balaban J connectivity index is 1.85. The summed E-state index contributed by atoms with van der Waals surface area (Å²) in [5, 5.41) is 2.48. The van der Waals surface area contributed by atoms with Crippen molar-refractivity contribution >= 4 is 29.2 Å². The number of carbonyl (C=O) groups is 2. The predicted octanol–water partition coefficient (Wildman–Crippen LogP) is 0.0852. The van der Waals surface area contributed by atoms with Gasteiger partial charge in [-0.1, -0.05) is 6.07 Å². The van der Waals surface area contributed by atoms with Crippen LogP contribution in [0.5, 0.6) is 0 Å². The van der Waals surface area contributed by atoms with Crippen molar-refractivity contribution in [3.8, 4) is 0 Å². The molecule has 2 heterocycles. The Bertz CT molecular complexity index is 461. The van der Waals surface area contributed by atoms with Crippen molar-refractivity contribution in [2.45, 2.75) is 0 Å². The van der Waals surface area contributed by atoms with Gasteiger partial charge in [0.25, 0.3) is 0 Å². The molecule has 1 aliphatic heterocycles. The highest BCUT2D eigenvalue weighted by Crippen LogP contribution is 2.12. The van der Waals surface area contributed by atoms with Crippen molar-refractivity contribution in [1.29, 1.82) is 0 Å². The van der Waals surface area contributed by atoms with Crippen molar-refractivity contribution in [2.24, 2.45) is 0 Å². The number of nitrogens with zero attached hydrogens (tertiary/aromatic N) is 3. The van der Waals surface area contributed by atoms with Gasteiger partial charge in [-0.05, 0) is 12.1 Å². The molecule has 1 saturated heterocycles. The summed E-state index contributed by atoms with van der Waals surface area (Å²) >= 11 is 5.47. The van der Waals surface area contributed by atoms with Gasteiger partial charge in [0.05, 0.1) is 0 Å². The van der Waals surface area contributed by atoms with E-state index in [1.54, 1.807) is 11.1 Å². The number of carbonyl (C=O) groups excluding carboxylic acids is 2. The van der Waals surface area contributed by atoms with Gasteiger partial charge < -0.3 is 15.1 Å². The topological polar surface area (TPSA) is 65.5 Å². The van der Waals surface area contributed by atoms with Crippen LogP contribution in [0.3, 0.4) is 0 Å². The van der Waals surface area contributed by atoms with E-state index in [-0.39, 0.29) is 0 Å². The molecule has 1 aromatic heterocycles. The van der Waals surface area contributed by atoms with Crippen LogP contribution in [0.4, 0.5) is 5.82 Å². The summed E-state index contributed by atoms with van der Waals surface area (Å²) in [7, 11) is 0. The fourth-order valence-electron chi connectivity index (χ4n) is 2.06. The number of amides is 2. The minimum absolute atomic E-state index is 0.298. The average molecular weight is 297 g/mol. The molecular weight excluding hydrogens is 280 g/mol. The molecule has 0 aliphatic carbocycles. The second kappa shape index (κ2) is 7.09. The van der Waals surface area contributed by atoms with Crippen LogP contribution >= 0.6 is 11.6 Å². The van der Waals surface area contributed by atoms with Crippen molar-refractivity contribution < 1.29 is 9.59 Å². The molecule has 0 unspecified atom stereocenters. The minimum Gasteiger partial charge on any atom is -0.353 e. The summed E-state index contributed by atoms with van der Waals surface area (Å²) in [6.45, 7) is 2.69. The molecule has 0 bridgehead atoms. The lowest BCUT2D eigenvalue weighted by Crippen LogP contribution is -2.53. The zero-order valence-corrected chi connectivity index (χ0v) is 11.8. The van der Waals surface area contributed by atoms with Crippen LogP contribution in [-0.4, -0.2) is 60.3 Å². The molecule has 0 atom stereocenters. The van der Waals surface area contributed by atoms with Crippen LogP contribution in [0.1, 0.15) is 0 Å². The van der Waals surface area contributed by atoms with Crippen molar-refractivity contribution in [1.82, 2.24) is 15.2 Å². The first-order valence-electron chi connectivity index (χ1n) is 6.51. The third-order valence-corrected chi connectivity index (χ3v) is 3.30. The quantitative estimate of drug-likeness (QED) is 0.634. The molecule has 1 aliphatic rings. The van der Waals surface area contributed by atoms with Crippen LogP contribution in [0.2, 0.25) is 0 Å². The number of rotatable bonds is 3. The van der Waals surface area contributed by atoms with E-state index in [9.17, 15) is 9.59 Å². The smallest absolute Gasteiger partial charge is 0.312 e. The number of halogens is 1. The summed E-state index contributed by atoms with van der Waals surface area (Å²) in [5.74, 6) is 0.117. The number of hydrogen-bond donors (Lipinski definition) is 1. The van der Waals surface area contributed by atoms with Crippen LogP contribution < -0.4 is 10.2 Å². The maximum absolute atomic E-state index is 11.9. The van der Waals surface area contributed by atoms with E-state index in [0.717, 1.165) is 5.82 Å². The van der Waals surface area contributed by atoms with E-state index >= 15 is 0 Å². The number of aromatic nitrogens is 1. The summed E-state index contributed by atoms with van der Waals surface area (Å²) < 4.78 is 0. The largest absolute Gasteiger partial charge is 0.353 e. The maximum atomic E-state index is 11.9. The van der Waals surface area contributed by atoms with Gasteiger partial charge in [0.2, 0.25) is 0 Å². The Labute approximate surface area is 122 Å². The van der Waals surface area contributed by atoms with Gasteiger partial charge in [0.15, 0.2) is 0 Å². The summed E-state index contributed by atoms with van der Waals surface area (Å²) in [4.78, 5) is 31.4. The zero-order valence-electron chi connectivity index (χ0n) is 11.1. The minimum atomic E-state index is -0.586. The van der Waals surface area contributed by atoms with Gasteiger partial charge in [-0.15, -0.1) is 11.6 Å². The summed E-state index contributed by atoms with van der Waals surface area (Å²) in [5.41, 5.74) is 0. The maximum Gasteiger partial charge on any atom is 0.312 e. The molecule has 108 valence electrons. The molecule has 1 N–H and O–H groups in total. The lowest BCUT2D eigenvalue weighted by atomic mass is 10.3. The lowest BCUT2D eigenvalue weighted by Gasteiger charge is -2.34. The van der Waals surface area contributed by atoms with Crippen LogP contribution in [0.15, 0.2) is 24.4 Å². The molecule has 6 nitrogen and oxygen atoms in total. The molecule has 2 amide bonds. The second-order valence-electron chi connectivity index (χ2n) is 4.41. The number of piperazine rings is 1. The molecule has 20 heavy (non-hydrogen) atoms. The molecule has 0 aromatic carbocycles. The Morgan fingerprint density at radius 1 is 1.25 bits per heavy atom. The van der Waals surface area contributed by atoms with E-state index < -0.39 is 11.8 Å². The number of pyridine rings is 1. The second-order valence-corrected chi connectivity index (χ2v) is 4.79. The lowest BCUT2D eigenvalue weighted by molar-refractivity contribution is -0.146. The van der Waals surface area contributed by atoms with E-state index in [0.29, 0.717) is 38.6 Å². The Hall–Kier alpha value is -1.82. The van der Waals surface area contributed by atoms with Crippen molar-refractivity contribution in [2.75, 3.05) is 43.5 Å². The zero-order chi connectivity index (χ0) is 14.4. The van der Waals surface area contributed by atoms with Gasteiger partial charge in [-0.3, -0.25) is 9.59 Å². The molecule has 0 spiro atoms. The standard InChI is InChI=1S/C13H17ClN4O2/c14-4-6-16-12(19)13(20)18-9-7-17(8-10-18)11-3-1-2-5-15-11/h1-3,5H,4,6-10H2,(H,16,19). The highest BCUT2D eigenvalue weighted by Gasteiger charge is 2.25. The average Bonchev–Trinajstić information content (AvgIpc) is 2.53. The third-order valence-electron chi connectivity index (χ3n) is 3.11. The highest BCUT2D eigenvalue weighted by molar-refractivity contribution is 6.35. The number of alkyl halides is 1. The van der Waals surface area contributed by atoms with Crippen LogP contribution in [-0.2, 0) is 9.59 Å². The normalized spacial score (nSPS) is 15.1. The van der Waals surface area contributed by atoms with Gasteiger partial charge >= 0.3 is 11.8 Å². The summed E-state index contributed by atoms with van der Waals surface area (Å²) in [6.07, 6.45) is 1.74. The molecule has 2 rings (SSSR count). The van der Waals surface area contributed by atoms with Gasteiger partial charge in [-0.25, -0.2) is 4.98 Å². The number of anilines is 1. The number of nitrogens with one attached hydrogen (secondary N) is 1. The van der Waals surface area contributed by atoms with Crippen LogP contribution in [0, 0.1) is 0 Å². The molecule has 0 saturated carbocycles. The fraction of sp³-hybridized carbons (Fsp3) is 0.462. The highest BCUT2D eigenvalue weighted by atomic mass is 35.5. The van der Waals surface area contributed by atoms with Gasteiger partial charge in [0, 0.05) is 44.8 Å². The number of hydrogen-bond acceptors (Lipinski definition) is 4. The monoisotopic (exact) mass is 296 g/mol. The SMILES string of the molecule is O=C(NCCCl)C(=O)N1CCN(c2ccccn2)CC1.